The number of sulfonamides is 1. The molecule has 1 aromatic heterocycles. The molecule has 1 atom stereocenters. The van der Waals surface area contributed by atoms with E-state index in [1.54, 1.807) is 19.2 Å². The van der Waals surface area contributed by atoms with Crippen molar-refractivity contribution < 1.29 is 12.8 Å². The van der Waals surface area contributed by atoms with Gasteiger partial charge in [0.2, 0.25) is 15.9 Å². The van der Waals surface area contributed by atoms with Crippen molar-refractivity contribution in [1.29, 1.82) is 0 Å². The van der Waals surface area contributed by atoms with Crippen molar-refractivity contribution in [3.63, 3.8) is 0 Å². The molecule has 24 heavy (non-hydrogen) atoms. The molecule has 0 spiro atoms. The van der Waals surface area contributed by atoms with Gasteiger partial charge in [0.15, 0.2) is 5.76 Å². The lowest BCUT2D eigenvalue weighted by molar-refractivity contribution is 0.292. The van der Waals surface area contributed by atoms with E-state index in [2.05, 4.69) is 9.71 Å². The van der Waals surface area contributed by atoms with Gasteiger partial charge in [0.1, 0.15) is 0 Å². The topological polar surface area (TPSA) is 75.4 Å². The van der Waals surface area contributed by atoms with Gasteiger partial charge in [-0.25, -0.2) is 18.1 Å². The van der Waals surface area contributed by atoms with E-state index in [1.807, 2.05) is 23.1 Å². The monoisotopic (exact) mass is 369 g/mol. The highest BCUT2D eigenvalue weighted by molar-refractivity contribution is 7.90. The summed E-state index contributed by atoms with van der Waals surface area (Å²) in [5.41, 5.74) is 0.798. The molecule has 6 nitrogen and oxygen atoms in total. The maximum Gasteiger partial charge on any atom is 0.215 e. The molecule has 3 rings (SSSR count). The van der Waals surface area contributed by atoms with Crippen LogP contribution in [-0.4, -0.2) is 43.2 Å². The average molecular weight is 370 g/mol. The normalized spacial score (nSPS) is 19.0. The first kappa shape index (κ1) is 17.4. The van der Waals surface area contributed by atoms with E-state index in [0.717, 1.165) is 5.56 Å². The minimum absolute atomic E-state index is 0.379. The number of aromatic nitrogens is 1. The van der Waals surface area contributed by atoms with Gasteiger partial charge in [-0.05, 0) is 18.6 Å². The highest BCUT2D eigenvalue weighted by atomic mass is 35.5. The van der Waals surface area contributed by atoms with Crippen LogP contribution in [0, 0.1) is 0 Å². The predicted molar refractivity (Wildman–Crippen MR) is 93.2 cm³/mol. The number of benzene rings is 1. The van der Waals surface area contributed by atoms with Crippen molar-refractivity contribution in [3.05, 3.63) is 41.4 Å². The van der Waals surface area contributed by atoms with E-state index < -0.39 is 10.0 Å². The van der Waals surface area contributed by atoms with Crippen LogP contribution < -0.4 is 4.72 Å². The molecule has 1 aliphatic rings. The summed E-state index contributed by atoms with van der Waals surface area (Å²) in [6.45, 7) is 3.88. The molecule has 8 heteroatoms. The number of rotatable bonds is 6. The maximum atomic E-state index is 12.1. The largest absolute Gasteiger partial charge is 0.439 e. The Morgan fingerprint density at radius 1 is 1.42 bits per heavy atom. The quantitative estimate of drug-likeness (QED) is 0.846. The van der Waals surface area contributed by atoms with E-state index in [1.165, 1.54) is 0 Å². The third kappa shape index (κ3) is 3.80. The number of halogens is 1. The van der Waals surface area contributed by atoms with E-state index >= 15 is 0 Å². The highest BCUT2D eigenvalue weighted by Crippen LogP contribution is 2.28. The Bertz CT molecular complexity index is 806. The third-order valence-electron chi connectivity index (χ3n) is 4.07. The van der Waals surface area contributed by atoms with E-state index in [4.69, 9.17) is 16.0 Å². The molecule has 0 amide bonds. The first-order valence-corrected chi connectivity index (χ1v) is 9.82. The van der Waals surface area contributed by atoms with Crippen LogP contribution in [0.1, 0.15) is 19.2 Å². The molecule has 1 fully saturated rings. The van der Waals surface area contributed by atoms with Crippen molar-refractivity contribution in [2.45, 2.75) is 25.1 Å². The highest BCUT2D eigenvalue weighted by Gasteiger charge is 2.33. The lowest BCUT2D eigenvalue weighted by Crippen LogP contribution is -2.36. The van der Waals surface area contributed by atoms with E-state index in [9.17, 15) is 8.42 Å². The lowest BCUT2D eigenvalue weighted by Gasteiger charge is -2.14. The first-order valence-electron chi connectivity index (χ1n) is 7.90. The molecule has 1 N–H and O–H groups in total. The second kappa shape index (κ2) is 7.23. The minimum Gasteiger partial charge on any atom is -0.439 e. The molecule has 0 bridgehead atoms. The summed E-state index contributed by atoms with van der Waals surface area (Å²) >= 11 is 6.17. The fourth-order valence-electron chi connectivity index (χ4n) is 2.87. The standard InChI is InChI=1S/C16H20ClN3O3S/c1-2-19-24(21,22)12-7-8-20(10-12)11-16-18-9-15(23-16)13-5-3-4-6-14(13)17/h3-6,9,12,19H,2,7-8,10-11H2,1H3. The van der Waals surface area contributed by atoms with Gasteiger partial charge in [-0.1, -0.05) is 30.7 Å². The molecule has 2 aromatic rings. The molecule has 0 aliphatic carbocycles. The van der Waals surface area contributed by atoms with Crippen LogP contribution >= 0.6 is 11.6 Å². The van der Waals surface area contributed by atoms with Crippen LogP contribution in [0.3, 0.4) is 0 Å². The Balaban J connectivity index is 1.65. The number of oxazole rings is 1. The average Bonchev–Trinajstić information content (AvgIpc) is 3.18. The fraction of sp³-hybridized carbons (Fsp3) is 0.438. The SMILES string of the molecule is CCNS(=O)(=O)C1CCN(Cc2ncc(-c3ccccc3Cl)o2)C1. The smallest absolute Gasteiger partial charge is 0.215 e. The summed E-state index contributed by atoms with van der Waals surface area (Å²) in [6.07, 6.45) is 2.27. The molecular weight excluding hydrogens is 350 g/mol. The Labute approximate surface area is 146 Å². The number of likely N-dealkylation sites (tertiary alicyclic amines) is 1. The summed E-state index contributed by atoms with van der Waals surface area (Å²) in [4.78, 5) is 6.33. The molecule has 0 radical (unpaired) electrons. The van der Waals surface area contributed by atoms with Crippen LogP contribution in [0.15, 0.2) is 34.9 Å². The van der Waals surface area contributed by atoms with Crippen molar-refractivity contribution in [3.8, 4) is 11.3 Å². The first-order chi connectivity index (χ1) is 11.5. The predicted octanol–water partition coefficient (Wildman–Crippen LogP) is 2.51. The van der Waals surface area contributed by atoms with Gasteiger partial charge >= 0.3 is 0 Å². The van der Waals surface area contributed by atoms with Crippen LogP contribution in [-0.2, 0) is 16.6 Å². The summed E-state index contributed by atoms with van der Waals surface area (Å²) < 4.78 is 32.5. The second-order valence-electron chi connectivity index (χ2n) is 5.79. The lowest BCUT2D eigenvalue weighted by atomic mass is 10.2. The van der Waals surface area contributed by atoms with Gasteiger partial charge in [-0.2, -0.15) is 0 Å². The number of nitrogens with one attached hydrogen (secondary N) is 1. The molecule has 1 aliphatic heterocycles. The van der Waals surface area contributed by atoms with Crippen molar-refractivity contribution in [2.75, 3.05) is 19.6 Å². The minimum atomic E-state index is -3.24. The van der Waals surface area contributed by atoms with Crippen molar-refractivity contribution >= 4 is 21.6 Å². The zero-order valence-electron chi connectivity index (χ0n) is 13.4. The summed E-state index contributed by atoms with van der Waals surface area (Å²) in [6, 6.07) is 7.43. The molecule has 1 aromatic carbocycles. The van der Waals surface area contributed by atoms with Crippen molar-refractivity contribution in [2.24, 2.45) is 0 Å². The van der Waals surface area contributed by atoms with Crippen LogP contribution in [0.2, 0.25) is 5.02 Å². The van der Waals surface area contributed by atoms with Crippen LogP contribution in [0.5, 0.6) is 0 Å². The zero-order chi connectivity index (χ0) is 17.2. The fourth-order valence-corrected chi connectivity index (χ4v) is 4.56. The Morgan fingerprint density at radius 2 is 2.21 bits per heavy atom. The van der Waals surface area contributed by atoms with Crippen LogP contribution in [0.4, 0.5) is 0 Å². The molecular formula is C16H20ClN3O3S. The van der Waals surface area contributed by atoms with Gasteiger partial charge in [-0.3, -0.25) is 4.90 Å². The van der Waals surface area contributed by atoms with E-state index in [0.29, 0.717) is 49.3 Å². The maximum absolute atomic E-state index is 12.1. The molecule has 1 unspecified atom stereocenters. The second-order valence-corrected chi connectivity index (χ2v) is 8.24. The van der Waals surface area contributed by atoms with Gasteiger partial charge in [0, 0.05) is 25.2 Å². The molecule has 1 saturated heterocycles. The van der Waals surface area contributed by atoms with Gasteiger partial charge < -0.3 is 4.42 Å². The summed E-state index contributed by atoms with van der Waals surface area (Å²) in [7, 11) is -3.24. The number of hydrogen-bond acceptors (Lipinski definition) is 5. The summed E-state index contributed by atoms with van der Waals surface area (Å²) in [5.74, 6) is 1.18. The van der Waals surface area contributed by atoms with Gasteiger partial charge in [0.05, 0.1) is 23.0 Å². The van der Waals surface area contributed by atoms with E-state index in [-0.39, 0.29) is 5.25 Å². The Hall–Kier alpha value is -1.41. The Kier molecular flexibility index (Phi) is 5.24. The zero-order valence-corrected chi connectivity index (χ0v) is 15.0. The number of nitrogens with zero attached hydrogens (tertiary/aromatic N) is 2. The Morgan fingerprint density at radius 3 is 2.96 bits per heavy atom. The molecule has 2 heterocycles. The van der Waals surface area contributed by atoms with Gasteiger partial charge in [0.25, 0.3) is 0 Å². The van der Waals surface area contributed by atoms with Crippen molar-refractivity contribution in [1.82, 2.24) is 14.6 Å². The van der Waals surface area contributed by atoms with Crippen LogP contribution in [0.25, 0.3) is 11.3 Å². The summed E-state index contributed by atoms with van der Waals surface area (Å²) in [5, 5.41) is 0.230. The molecule has 0 saturated carbocycles. The third-order valence-corrected chi connectivity index (χ3v) is 6.35. The molecule has 130 valence electrons. The number of hydrogen-bond donors (Lipinski definition) is 1. The van der Waals surface area contributed by atoms with Gasteiger partial charge in [-0.15, -0.1) is 0 Å².